The maximum atomic E-state index is 12.0. The van der Waals surface area contributed by atoms with Crippen LogP contribution in [-0.4, -0.2) is 22.5 Å². The van der Waals surface area contributed by atoms with Crippen LogP contribution in [0.1, 0.15) is 27.6 Å². The minimum absolute atomic E-state index is 0.0985. The van der Waals surface area contributed by atoms with E-state index in [0.717, 1.165) is 11.1 Å². The first kappa shape index (κ1) is 15.8. The Morgan fingerprint density at radius 2 is 1.90 bits per heavy atom. The van der Waals surface area contributed by atoms with Gasteiger partial charge in [0.25, 0.3) is 5.91 Å². The summed E-state index contributed by atoms with van der Waals surface area (Å²) in [7, 11) is 0. The number of hydrogen-bond acceptors (Lipinski definition) is 3. The number of nitrogens with zero attached hydrogens (tertiary/aromatic N) is 1. The summed E-state index contributed by atoms with van der Waals surface area (Å²) < 4.78 is 0. The topological polar surface area (TPSA) is 62.2 Å². The fourth-order valence-corrected chi connectivity index (χ4v) is 2.42. The maximum absolute atomic E-state index is 12.0. The van der Waals surface area contributed by atoms with Crippen LogP contribution in [0.5, 0.6) is 0 Å². The lowest BCUT2D eigenvalue weighted by atomic mass is 10.0. The van der Waals surface area contributed by atoms with Gasteiger partial charge in [0, 0.05) is 12.1 Å². The maximum Gasteiger partial charge on any atom is 0.251 e. The summed E-state index contributed by atoms with van der Waals surface area (Å²) in [5, 5.41) is 13.1. The van der Waals surface area contributed by atoms with Gasteiger partial charge in [-0.3, -0.25) is 4.79 Å². The third-order valence-electron chi connectivity index (χ3n) is 3.03. The van der Waals surface area contributed by atoms with Gasteiger partial charge < -0.3 is 10.4 Å². The molecule has 1 aromatic heterocycles. The van der Waals surface area contributed by atoms with Crippen molar-refractivity contribution in [3.8, 4) is 0 Å². The average Bonchev–Trinajstić information content (AvgIpc) is 2.43. The third-order valence-corrected chi connectivity index (χ3v) is 3.42. The molecule has 2 rings (SSSR count). The van der Waals surface area contributed by atoms with Crippen molar-refractivity contribution in [1.82, 2.24) is 10.3 Å². The van der Waals surface area contributed by atoms with Crippen LogP contribution >= 0.6 is 23.2 Å². The SMILES string of the molecule is Cc1ccccc1C(O)CNC(=O)c1cc(Cl)nc(Cl)c1. The standard InChI is InChI=1S/C15H14Cl2N2O2/c1-9-4-2-3-5-11(9)12(20)8-18-15(21)10-6-13(16)19-14(17)7-10/h2-7,12,20H,8H2,1H3,(H,18,21). The van der Waals surface area contributed by atoms with E-state index in [1.54, 1.807) is 0 Å². The molecule has 1 atom stereocenters. The van der Waals surface area contributed by atoms with Gasteiger partial charge >= 0.3 is 0 Å². The molecule has 0 fully saturated rings. The third kappa shape index (κ3) is 4.17. The summed E-state index contributed by atoms with van der Waals surface area (Å²) in [5.41, 5.74) is 2.05. The highest BCUT2D eigenvalue weighted by Gasteiger charge is 2.13. The van der Waals surface area contributed by atoms with Crippen LogP contribution in [0.4, 0.5) is 0 Å². The summed E-state index contributed by atoms with van der Waals surface area (Å²) in [6.07, 6.45) is -0.775. The van der Waals surface area contributed by atoms with Crippen molar-refractivity contribution in [2.75, 3.05) is 6.54 Å². The largest absolute Gasteiger partial charge is 0.387 e. The number of rotatable bonds is 4. The number of aromatic nitrogens is 1. The molecule has 2 aromatic rings. The first-order chi connectivity index (χ1) is 9.97. The summed E-state index contributed by atoms with van der Waals surface area (Å²) >= 11 is 11.5. The van der Waals surface area contributed by atoms with E-state index >= 15 is 0 Å². The number of benzene rings is 1. The number of halogens is 2. The van der Waals surface area contributed by atoms with Crippen molar-refractivity contribution in [1.29, 1.82) is 0 Å². The fourth-order valence-electron chi connectivity index (χ4n) is 1.96. The summed E-state index contributed by atoms with van der Waals surface area (Å²) in [4.78, 5) is 15.8. The Hall–Kier alpha value is -1.62. The Bertz CT molecular complexity index is 642. The summed E-state index contributed by atoms with van der Waals surface area (Å²) in [5.74, 6) is -0.367. The minimum Gasteiger partial charge on any atom is -0.387 e. The van der Waals surface area contributed by atoms with E-state index in [1.807, 2.05) is 31.2 Å². The number of nitrogens with one attached hydrogen (secondary N) is 1. The normalized spacial score (nSPS) is 12.0. The van der Waals surface area contributed by atoms with Crippen molar-refractivity contribution in [2.24, 2.45) is 0 Å². The fraction of sp³-hybridized carbons (Fsp3) is 0.200. The number of carbonyl (C=O) groups excluding carboxylic acids is 1. The summed E-state index contributed by atoms with van der Waals surface area (Å²) in [6, 6.07) is 10.3. The molecule has 0 saturated heterocycles. The molecule has 0 saturated carbocycles. The van der Waals surface area contributed by atoms with Gasteiger partial charge in [-0.05, 0) is 30.2 Å². The highest BCUT2D eigenvalue weighted by Crippen LogP contribution is 2.17. The van der Waals surface area contributed by atoms with Gasteiger partial charge in [0.2, 0.25) is 0 Å². The number of hydrogen-bond donors (Lipinski definition) is 2. The smallest absolute Gasteiger partial charge is 0.251 e. The monoisotopic (exact) mass is 324 g/mol. The van der Waals surface area contributed by atoms with Crippen LogP contribution in [0.15, 0.2) is 36.4 Å². The Labute approximate surface area is 132 Å². The molecule has 0 bridgehead atoms. The van der Waals surface area contributed by atoms with Gasteiger partial charge in [-0.25, -0.2) is 4.98 Å². The van der Waals surface area contributed by atoms with Gasteiger partial charge in [0.1, 0.15) is 10.3 Å². The quantitative estimate of drug-likeness (QED) is 0.849. The highest BCUT2D eigenvalue weighted by molar-refractivity contribution is 6.33. The van der Waals surface area contributed by atoms with E-state index in [1.165, 1.54) is 12.1 Å². The molecule has 0 aliphatic carbocycles. The lowest BCUT2D eigenvalue weighted by Crippen LogP contribution is -2.28. The van der Waals surface area contributed by atoms with Crippen molar-refractivity contribution in [3.63, 3.8) is 0 Å². The van der Waals surface area contributed by atoms with Crippen LogP contribution in [0, 0.1) is 6.92 Å². The van der Waals surface area contributed by atoms with Gasteiger partial charge in [-0.15, -0.1) is 0 Å². The van der Waals surface area contributed by atoms with Crippen molar-refractivity contribution < 1.29 is 9.90 Å². The predicted molar refractivity (Wildman–Crippen MR) is 82.7 cm³/mol. The first-order valence-corrected chi connectivity index (χ1v) is 7.08. The molecule has 6 heteroatoms. The van der Waals surface area contributed by atoms with Crippen molar-refractivity contribution in [3.05, 3.63) is 63.4 Å². The molecular formula is C15H14Cl2N2O2. The Morgan fingerprint density at radius 3 is 2.52 bits per heavy atom. The van der Waals surface area contributed by atoms with Gasteiger partial charge in [0.15, 0.2) is 0 Å². The second kappa shape index (κ2) is 6.89. The molecule has 0 aliphatic heterocycles. The lowest BCUT2D eigenvalue weighted by Gasteiger charge is -2.14. The van der Waals surface area contributed by atoms with Crippen LogP contribution in [-0.2, 0) is 0 Å². The van der Waals surface area contributed by atoms with Crippen LogP contribution < -0.4 is 5.32 Å². The number of pyridine rings is 1. The minimum atomic E-state index is -0.775. The lowest BCUT2D eigenvalue weighted by molar-refractivity contribution is 0.0916. The van der Waals surface area contributed by atoms with Crippen LogP contribution in [0.25, 0.3) is 0 Å². The highest BCUT2D eigenvalue weighted by atomic mass is 35.5. The molecule has 1 unspecified atom stereocenters. The zero-order valence-corrected chi connectivity index (χ0v) is 12.8. The molecule has 1 heterocycles. The molecule has 2 N–H and O–H groups in total. The van der Waals surface area contributed by atoms with Crippen LogP contribution in [0.2, 0.25) is 10.3 Å². The molecule has 4 nitrogen and oxygen atoms in total. The first-order valence-electron chi connectivity index (χ1n) is 6.32. The Balaban J connectivity index is 2.02. The van der Waals surface area contributed by atoms with E-state index in [0.29, 0.717) is 5.56 Å². The molecule has 1 aromatic carbocycles. The second-order valence-corrected chi connectivity index (χ2v) is 5.36. The van der Waals surface area contributed by atoms with E-state index < -0.39 is 6.10 Å². The molecule has 0 spiro atoms. The summed E-state index contributed by atoms with van der Waals surface area (Å²) in [6.45, 7) is 2.00. The number of aryl methyl sites for hydroxylation is 1. The predicted octanol–water partition coefficient (Wildman–Crippen LogP) is 3.16. The zero-order valence-electron chi connectivity index (χ0n) is 11.3. The average molecular weight is 325 g/mol. The molecule has 0 radical (unpaired) electrons. The van der Waals surface area contributed by atoms with Gasteiger partial charge in [-0.1, -0.05) is 47.5 Å². The second-order valence-electron chi connectivity index (χ2n) is 4.58. The number of amides is 1. The van der Waals surface area contributed by atoms with Gasteiger partial charge in [-0.2, -0.15) is 0 Å². The molecular weight excluding hydrogens is 311 g/mol. The van der Waals surface area contributed by atoms with E-state index in [9.17, 15) is 9.90 Å². The van der Waals surface area contributed by atoms with Crippen LogP contribution in [0.3, 0.4) is 0 Å². The number of aliphatic hydroxyl groups is 1. The molecule has 21 heavy (non-hydrogen) atoms. The van der Waals surface area contributed by atoms with E-state index in [4.69, 9.17) is 23.2 Å². The molecule has 110 valence electrons. The Morgan fingerprint density at radius 1 is 1.29 bits per heavy atom. The van der Waals surface area contributed by atoms with E-state index in [2.05, 4.69) is 10.3 Å². The molecule has 0 aliphatic rings. The number of carbonyl (C=O) groups is 1. The zero-order chi connectivity index (χ0) is 15.4. The van der Waals surface area contributed by atoms with Crippen molar-refractivity contribution >= 4 is 29.1 Å². The van der Waals surface area contributed by atoms with Crippen molar-refractivity contribution in [2.45, 2.75) is 13.0 Å². The van der Waals surface area contributed by atoms with Gasteiger partial charge in [0.05, 0.1) is 6.10 Å². The van der Waals surface area contributed by atoms with E-state index in [-0.39, 0.29) is 22.8 Å². The number of aliphatic hydroxyl groups excluding tert-OH is 1. The Kier molecular flexibility index (Phi) is 5.17. The molecule has 1 amide bonds.